The van der Waals surface area contributed by atoms with E-state index in [1.165, 1.54) is 0 Å². The molecular weight excluding hydrogens is 270 g/mol. The van der Waals surface area contributed by atoms with E-state index in [1.807, 2.05) is 6.08 Å². The van der Waals surface area contributed by atoms with Gasteiger partial charge in [0.25, 0.3) is 0 Å². The maximum atomic E-state index is 12.0. The van der Waals surface area contributed by atoms with Crippen LogP contribution in [-0.2, 0) is 14.4 Å². The molecule has 0 aliphatic carbocycles. The Morgan fingerprint density at radius 3 is 2.71 bits per heavy atom. The summed E-state index contributed by atoms with van der Waals surface area (Å²) in [6.45, 7) is 4.14. The monoisotopic (exact) mass is 295 g/mol. The minimum absolute atomic E-state index is 0.00730. The Hall–Kier alpha value is -1.85. The zero-order chi connectivity index (χ0) is 15.8. The number of hydrogen-bond acceptors (Lipinski definition) is 3. The Bertz CT molecular complexity index is 418. The van der Waals surface area contributed by atoms with E-state index in [2.05, 4.69) is 24.5 Å². The number of carbonyl (C=O) groups excluding carboxylic acids is 3. The van der Waals surface area contributed by atoms with E-state index in [0.29, 0.717) is 25.2 Å². The summed E-state index contributed by atoms with van der Waals surface area (Å²) >= 11 is 0. The minimum atomic E-state index is -0.394. The summed E-state index contributed by atoms with van der Waals surface area (Å²) in [6, 6.07) is -0.180. The van der Waals surface area contributed by atoms with E-state index >= 15 is 0 Å². The smallest absolute Gasteiger partial charge is 0.222 e. The standard InChI is InChI=1S/C15H25N3O3/c1-10(2)8-11(4-3-5-13(16)19)18-15(21)9-12-6-7-14(20)17-12/h3-4,10-12H,5-9H2,1-2H3,(H2,16,19)(H,17,20)(H,18,21). The van der Waals surface area contributed by atoms with Crippen LogP contribution in [0.5, 0.6) is 0 Å². The molecule has 0 bridgehead atoms. The summed E-state index contributed by atoms with van der Waals surface area (Å²) in [5.41, 5.74) is 5.09. The van der Waals surface area contributed by atoms with Crippen molar-refractivity contribution in [1.29, 1.82) is 0 Å². The predicted molar refractivity (Wildman–Crippen MR) is 80.1 cm³/mol. The quantitative estimate of drug-likeness (QED) is 0.572. The highest BCUT2D eigenvalue weighted by molar-refractivity contribution is 5.82. The van der Waals surface area contributed by atoms with E-state index in [-0.39, 0.29) is 30.3 Å². The van der Waals surface area contributed by atoms with Gasteiger partial charge in [-0.1, -0.05) is 26.0 Å². The first-order valence-corrected chi connectivity index (χ1v) is 7.40. The van der Waals surface area contributed by atoms with Gasteiger partial charge in [-0.2, -0.15) is 0 Å². The highest BCUT2D eigenvalue weighted by Crippen LogP contribution is 2.11. The van der Waals surface area contributed by atoms with Crippen LogP contribution in [0.15, 0.2) is 12.2 Å². The molecular formula is C15H25N3O3. The highest BCUT2D eigenvalue weighted by atomic mass is 16.2. The van der Waals surface area contributed by atoms with Crippen LogP contribution >= 0.6 is 0 Å². The zero-order valence-corrected chi connectivity index (χ0v) is 12.7. The van der Waals surface area contributed by atoms with Crippen molar-refractivity contribution >= 4 is 17.7 Å². The van der Waals surface area contributed by atoms with Gasteiger partial charge in [0, 0.05) is 31.3 Å². The lowest BCUT2D eigenvalue weighted by Gasteiger charge is -2.18. The van der Waals surface area contributed by atoms with Gasteiger partial charge in [-0.15, -0.1) is 0 Å². The van der Waals surface area contributed by atoms with Crippen LogP contribution in [0.4, 0.5) is 0 Å². The van der Waals surface area contributed by atoms with Crippen molar-refractivity contribution in [3.8, 4) is 0 Å². The molecule has 3 amide bonds. The van der Waals surface area contributed by atoms with Gasteiger partial charge in [0.05, 0.1) is 0 Å². The Kier molecular flexibility index (Phi) is 6.91. The van der Waals surface area contributed by atoms with Gasteiger partial charge in [0.15, 0.2) is 0 Å². The van der Waals surface area contributed by atoms with Crippen molar-refractivity contribution in [3.05, 3.63) is 12.2 Å². The van der Waals surface area contributed by atoms with E-state index in [0.717, 1.165) is 6.42 Å². The Balaban J connectivity index is 2.46. The van der Waals surface area contributed by atoms with Gasteiger partial charge in [0.1, 0.15) is 0 Å². The Labute approximate surface area is 125 Å². The van der Waals surface area contributed by atoms with Crippen LogP contribution in [0.1, 0.15) is 46.0 Å². The van der Waals surface area contributed by atoms with Crippen molar-refractivity contribution < 1.29 is 14.4 Å². The molecule has 0 saturated carbocycles. The number of nitrogens with two attached hydrogens (primary N) is 1. The summed E-state index contributed by atoms with van der Waals surface area (Å²) < 4.78 is 0. The number of nitrogens with one attached hydrogen (secondary N) is 2. The van der Waals surface area contributed by atoms with Crippen LogP contribution in [-0.4, -0.2) is 29.8 Å². The fourth-order valence-corrected chi connectivity index (χ4v) is 2.36. The van der Waals surface area contributed by atoms with Crippen molar-refractivity contribution in [2.75, 3.05) is 0 Å². The average Bonchev–Trinajstić information content (AvgIpc) is 2.72. The number of amides is 3. The predicted octanol–water partition coefficient (Wildman–Crippen LogP) is 0.618. The normalized spacial score (nSPS) is 19.8. The molecule has 0 aromatic heterocycles. The summed E-state index contributed by atoms with van der Waals surface area (Å²) in [4.78, 5) is 33.8. The third-order valence-corrected chi connectivity index (χ3v) is 3.28. The lowest BCUT2D eigenvalue weighted by atomic mass is 10.0. The molecule has 1 aliphatic rings. The van der Waals surface area contributed by atoms with Gasteiger partial charge < -0.3 is 16.4 Å². The average molecular weight is 295 g/mol. The van der Waals surface area contributed by atoms with Gasteiger partial charge in [0.2, 0.25) is 17.7 Å². The third-order valence-electron chi connectivity index (χ3n) is 3.28. The number of primary amides is 1. The van der Waals surface area contributed by atoms with E-state index < -0.39 is 5.91 Å². The third kappa shape index (κ3) is 7.48. The lowest BCUT2D eigenvalue weighted by molar-refractivity contribution is -0.122. The van der Waals surface area contributed by atoms with Gasteiger partial charge >= 0.3 is 0 Å². The molecule has 0 aromatic rings. The molecule has 2 unspecified atom stereocenters. The summed E-state index contributed by atoms with van der Waals surface area (Å²) in [6.07, 6.45) is 5.96. The first-order valence-electron chi connectivity index (χ1n) is 7.40. The first-order chi connectivity index (χ1) is 9.86. The van der Waals surface area contributed by atoms with Crippen molar-refractivity contribution in [3.63, 3.8) is 0 Å². The van der Waals surface area contributed by atoms with E-state index in [4.69, 9.17) is 5.73 Å². The molecule has 1 rings (SSSR count). The highest BCUT2D eigenvalue weighted by Gasteiger charge is 2.23. The van der Waals surface area contributed by atoms with E-state index in [1.54, 1.807) is 6.08 Å². The molecule has 6 heteroatoms. The molecule has 6 nitrogen and oxygen atoms in total. The molecule has 21 heavy (non-hydrogen) atoms. The van der Waals surface area contributed by atoms with Crippen LogP contribution in [0.3, 0.4) is 0 Å². The molecule has 1 aliphatic heterocycles. The fourth-order valence-electron chi connectivity index (χ4n) is 2.36. The maximum absolute atomic E-state index is 12.0. The summed E-state index contributed by atoms with van der Waals surface area (Å²) in [7, 11) is 0. The second-order valence-corrected chi connectivity index (χ2v) is 5.91. The topological polar surface area (TPSA) is 101 Å². The van der Waals surface area contributed by atoms with Crippen molar-refractivity contribution in [2.45, 2.75) is 58.0 Å². The largest absolute Gasteiger partial charge is 0.369 e. The molecule has 4 N–H and O–H groups in total. The minimum Gasteiger partial charge on any atom is -0.369 e. The number of hydrogen-bond donors (Lipinski definition) is 3. The van der Waals surface area contributed by atoms with Crippen LogP contribution in [0.25, 0.3) is 0 Å². The SMILES string of the molecule is CC(C)CC(C=CCC(N)=O)NC(=O)CC1CCC(=O)N1. The molecule has 0 radical (unpaired) electrons. The van der Waals surface area contributed by atoms with Gasteiger partial charge in [-0.25, -0.2) is 0 Å². The zero-order valence-electron chi connectivity index (χ0n) is 12.7. The van der Waals surface area contributed by atoms with E-state index in [9.17, 15) is 14.4 Å². The lowest BCUT2D eigenvalue weighted by Crippen LogP contribution is -2.38. The second kappa shape index (κ2) is 8.44. The second-order valence-electron chi connectivity index (χ2n) is 5.91. The molecule has 0 aromatic carbocycles. The molecule has 118 valence electrons. The molecule has 1 heterocycles. The van der Waals surface area contributed by atoms with Crippen molar-refractivity contribution in [1.82, 2.24) is 10.6 Å². The molecule has 1 fully saturated rings. The van der Waals surface area contributed by atoms with Crippen molar-refractivity contribution in [2.24, 2.45) is 11.7 Å². The van der Waals surface area contributed by atoms with Crippen LogP contribution in [0.2, 0.25) is 0 Å². The Morgan fingerprint density at radius 2 is 2.19 bits per heavy atom. The summed E-state index contributed by atoms with van der Waals surface area (Å²) in [5, 5.41) is 5.71. The van der Waals surface area contributed by atoms with Crippen LogP contribution in [0, 0.1) is 5.92 Å². The number of carbonyl (C=O) groups is 3. The van der Waals surface area contributed by atoms with Crippen LogP contribution < -0.4 is 16.4 Å². The number of rotatable bonds is 8. The molecule has 2 atom stereocenters. The van der Waals surface area contributed by atoms with Gasteiger partial charge in [-0.05, 0) is 18.8 Å². The van der Waals surface area contributed by atoms with Gasteiger partial charge in [-0.3, -0.25) is 14.4 Å². The molecule has 0 spiro atoms. The molecule has 1 saturated heterocycles. The maximum Gasteiger partial charge on any atom is 0.222 e. The fraction of sp³-hybridized carbons (Fsp3) is 0.667. The summed E-state index contributed by atoms with van der Waals surface area (Å²) in [5.74, 6) is -0.0567. The Morgan fingerprint density at radius 1 is 1.48 bits per heavy atom. The first kappa shape index (κ1) is 17.2.